The molecule has 0 radical (unpaired) electrons. The molecule has 4 aliphatic heterocycles. The van der Waals surface area contributed by atoms with Crippen molar-refractivity contribution in [2.75, 3.05) is 52.4 Å². The molecule has 3 aromatic heterocycles. The lowest BCUT2D eigenvalue weighted by Gasteiger charge is -2.33. The number of hydrogen-bond acceptors (Lipinski definition) is 13. The molecule has 5 aromatic rings. The van der Waals surface area contributed by atoms with Gasteiger partial charge in [-0.15, -0.1) is 0 Å². The van der Waals surface area contributed by atoms with Crippen molar-refractivity contribution in [2.45, 2.75) is 57.7 Å². The molecule has 356 valence electrons. The van der Waals surface area contributed by atoms with Crippen LogP contribution in [0.2, 0.25) is 0 Å². The molecule has 1 atom stereocenters. The Morgan fingerprint density at radius 3 is 2.43 bits per heavy atom. The number of hydrogen-bond donors (Lipinski definition) is 1. The zero-order valence-corrected chi connectivity index (χ0v) is 38.9. The lowest BCUT2D eigenvalue weighted by molar-refractivity contribution is -0.136. The van der Waals surface area contributed by atoms with Crippen molar-refractivity contribution in [3.05, 3.63) is 143 Å². The fourth-order valence-electron chi connectivity index (χ4n) is 9.00. The van der Waals surface area contributed by atoms with Crippen LogP contribution in [-0.4, -0.2) is 128 Å². The van der Waals surface area contributed by atoms with Crippen LogP contribution in [-0.2, 0) is 29.2 Å². The molecule has 70 heavy (non-hydrogen) atoms. The Morgan fingerprint density at radius 2 is 1.66 bits per heavy atom. The van der Waals surface area contributed by atoms with Crippen molar-refractivity contribution in [2.24, 2.45) is 0 Å². The van der Waals surface area contributed by atoms with Gasteiger partial charge in [0, 0.05) is 74.4 Å². The fourth-order valence-corrected chi connectivity index (χ4v) is 9.00. The third kappa shape index (κ3) is 10.7. The largest absolute Gasteiger partial charge is 0.493 e. The third-order valence-corrected chi connectivity index (χ3v) is 13.0. The molecule has 1 unspecified atom stereocenters. The molecule has 7 heterocycles. The molecule has 0 spiro atoms. The lowest BCUT2D eigenvalue weighted by Crippen LogP contribution is -2.54. The van der Waals surface area contributed by atoms with E-state index in [9.17, 15) is 24.0 Å². The van der Waals surface area contributed by atoms with E-state index in [4.69, 9.17) is 14.5 Å². The molecule has 2 fully saturated rings. The van der Waals surface area contributed by atoms with Crippen LogP contribution < -0.4 is 14.8 Å². The monoisotopic (exact) mass is 939 g/mol. The lowest BCUT2D eigenvalue weighted by atomic mass is 10.0. The number of fused-ring (bicyclic) bond motifs is 2. The van der Waals surface area contributed by atoms with Gasteiger partial charge in [0.15, 0.2) is 5.82 Å². The van der Waals surface area contributed by atoms with E-state index in [1.807, 2.05) is 42.6 Å². The van der Waals surface area contributed by atoms with Gasteiger partial charge in [-0.2, -0.15) is 0 Å². The molecular weight excluding hydrogens is 887 g/mol. The van der Waals surface area contributed by atoms with Gasteiger partial charge in [0.05, 0.1) is 53.5 Å². The van der Waals surface area contributed by atoms with Gasteiger partial charge < -0.3 is 19.3 Å². The van der Waals surface area contributed by atoms with E-state index >= 15 is 0 Å². The molecule has 16 nitrogen and oxygen atoms in total. The van der Waals surface area contributed by atoms with Crippen molar-refractivity contribution in [3.8, 4) is 34.7 Å². The Balaban J connectivity index is 0.656. The first-order valence-electron chi connectivity index (χ1n) is 23.6. The number of ether oxygens (including phenoxy) is 2. The van der Waals surface area contributed by atoms with Gasteiger partial charge in [-0.25, -0.2) is 9.97 Å². The molecular formula is C54H53N9O7. The van der Waals surface area contributed by atoms with Gasteiger partial charge >= 0.3 is 0 Å². The Kier molecular flexibility index (Phi) is 14.6. The van der Waals surface area contributed by atoms with Gasteiger partial charge in [0.1, 0.15) is 24.1 Å². The first kappa shape index (κ1) is 47.2. The summed E-state index contributed by atoms with van der Waals surface area (Å²) in [6, 6.07) is 17.1. The second-order valence-electron chi connectivity index (χ2n) is 17.6. The Morgan fingerprint density at radius 1 is 0.829 bits per heavy atom. The number of carbonyl (C=O) groups excluding carboxylic acids is 5. The highest BCUT2D eigenvalue weighted by atomic mass is 16.5. The number of amides is 5. The van der Waals surface area contributed by atoms with Crippen molar-refractivity contribution >= 4 is 41.7 Å². The van der Waals surface area contributed by atoms with E-state index in [2.05, 4.69) is 55.1 Å². The van der Waals surface area contributed by atoms with Crippen LogP contribution in [0.3, 0.4) is 0 Å². The van der Waals surface area contributed by atoms with Crippen LogP contribution in [0.5, 0.6) is 11.5 Å². The fraction of sp³-hybridized carbons (Fsp3) is 0.315. The molecule has 4 aliphatic rings. The molecule has 0 aliphatic carbocycles. The van der Waals surface area contributed by atoms with E-state index in [1.54, 1.807) is 53.7 Å². The van der Waals surface area contributed by atoms with Crippen LogP contribution in [0.4, 0.5) is 0 Å². The summed E-state index contributed by atoms with van der Waals surface area (Å²) in [6.45, 7) is 14.8. The second-order valence-corrected chi connectivity index (χ2v) is 17.6. The number of piperazine rings is 1. The SMILES string of the molecule is C=Cc1cc(-c2ncc3c(n2)CN(C(=O)c2ccc(COc4ccc(C#CCN5CCN(CCCCCOc6cccc7c6C(=O)N(C6CCC(=O)NC6=O)C7=O)CC5)cc4)nc2)CC3)cnc1C=C. The average molecular weight is 940 g/mol. The summed E-state index contributed by atoms with van der Waals surface area (Å²) in [4.78, 5) is 89.9. The number of carbonyl (C=O) groups is 5. The molecule has 16 heteroatoms. The number of benzene rings is 2. The number of rotatable bonds is 16. The maximum atomic E-state index is 13.5. The van der Waals surface area contributed by atoms with E-state index < -0.39 is 29.7 Å². The van der Waals surface area contributed by atoms with Gasteiger partial charge in [0.25, 0.3) is 17.7 Å². The molecule has 5 amide bonds. The molecule has 0 saturated carbocycles. The quantitative estimate of drug-likeness (QED) is 0.0733. The van der Waals surface area contributed by atoms with Gasteiger partial charge in [-0.05, 0) is 105 Å². The Hall–Kier alpha value is -7.87. The summed E-state index contributed by atoms with van der Waals surface area (Å²) >= 11 is 0. The minimum Gasteiger partial charge on any atom is -0.493 e. The summed E-state index contributed by atoms with van der Waals surface area (Å²) in [5, 5.41) is 2.22. The number of aromatic nitrogens is 4. The highest BCUT2D eigenvalue weighted by Crippen LogP contribution is 2.34. The number of unbranched alkanes of at least 4 members (excludes halogenated alkanes) is 2. The van der Waals surface area contributed by atoms with Crippen LogP contribution in [0.1, 0.15) is 97.0 Å². The van der Waals surface area contributed by atoms with Gasteiger partial charge in [-0.3, -0.25) is 49.1 Å². The summed E-state index contributed by atoms with van der Waals surface area (Å²) < 4.78 is 12.0. The normalized spacial score (nSPS) is 17.0. The van der Waals surface area contributed by atoms with Gasteiger partial charge in [0.2, 0.25) is 11.8 Å². The first-order chi connectivity index (χ1) is 34.1. The standard InChI is InChI=1S/C54H53N9O7/c1-3-37-30-40(33-56-44(37)4-2)50-57-31-38-21-24-62(34-45(38)58-50)52(66)39-15-16-41(55-32-39)35-70-42-17-13-36(14-18-42)10-9-23-61-27-25-60(26-28-61)22-6-5-7-29-69-47-12-8-11-43-49(47)54(68)63(53(43)67)46-19-20-48(64)59-51(46)65/h3-4,8,11-18,30-33,46H,1-2,5-7,19-29,34-35H2,(H,59,64,65). The predicted octanol–water partition coefficient (Wildman–Crippen LogP) is 5.62. The maximum Gasteiger partial charge on any atom is 0.266 e. The van der Waals surface area contributed by atoms with Gasteiger partial charge in [-0.1, -0.05) is 37.1 Å². The van der Waals surface area contributed by atoms with Crippen LogP contribution >= 0.6 is 0 Å². The van der Waals surface area contributed by atoms with Crippen molar-refractivity contribution in [3.63, 3.8) is 0 Å². The first-order valence-corrected chi connectivity index (χ1v) is 23.6. The topological polar surface area (TPSA) is 180 Å². The van der Waals surface area contributed by atoms with Crippen molar-refractivity contribution < 1.29 is 33.4 Å². The molecule has 0 bridgehead atoms. The van der Waals surface area contributed by atoms with E-state index in [0.29, 0.717) is 61.2 Å². The highest BCUT2D eigenvalue weighted by Gasteiger charge is 2.46. The molecule has 2 saturated heterocycles. The number of pyridine rings is 2. The summed E-state index contributed by atoms with van der Waals surface area (Å²) in [7, 11) is 0. The number of nitrogens with one attached hydrogen (secondary N) is 1. The molecule has 9 rings (SSSR count). The summed E-state index contributed by atoms with van der Waals surface area (Å²) in [5.41, 5.74) is 6.70. The summed E-state index contributed by atoms with van der Waals surface area (Å²) in [5.74, 6) is 5.91. The smallest absolute Gasteiger partial charge is 0.266 e. The zero-order valence-electron chi connectivity index (χ0n) is 38.9. The Labute approximate surface area is 406 Å². The molecule has 1 N–H and O–H groups in total. The number of nitrogens with zero attached hydrogens (tertiary/aromatic N) is 8. The van der Waals surface area contributed by atoms with E-state index in [-0.39, 0.29) is 36.5 Å². The predicted molar refractivity (Wildman–Crippen MR) is 261 cm³/mol. The minimum atomic E-state index is -1.01. The second kappa shape index (κ2) is 21.6. The highest BCUT2D eigenvalue weighted by molar-refractivity contribution is 6.24. The van der Waals surface area contributed by atoms with E-state index in [0.717, 1.165) is 90.5 Å². The van der Waals surface area contributed by atoms with Crippen LogP contribution in [0.25, 0.3) is 23.5 Å². The Bertz CT molecular complexity index is 2900. The number of piperidine rings is 1. The average Bonchev–Trinajstić information content (AvgIpc) is 3.65. The zero-order chi connectivity index (χ0) is 48.6. The van der Waals surface area contributed by atoms with Crippen LogP contribution in [0, 0.1) is 11.8 Å². The third-order valence-electron chi connectivity index (χ3n) is 13.0. The minimum absolute atomic E-state index is 0.0693. The van der Waals surface area contributed by atoms with Crippen LogP contribution in [0.15, 0.2) is 92.4 Å². The van der Waals surface area contributed by atoms with E-state index in [1.165, 1.54) is 0 Å². The summed E-state index contributed by atoms with van der Waals surface area (Å²) in [6.07, 6.45) is 12.2. The van der Waals surface area contributed by atoms with Crippen molar-refractivity contribution in [1.29, 1.82) is 0 Å². The van der Waals surface area contributed by atoms with Crippen molar-refractivity contribution in [1.82, 2.24) is 44.9 Å². The molecule has 2 aromatic carbocycles. The maximum absolute atomic E-state index is 13.5. The number of imide groups is 2.